The molecule has 0 bridgehead atoms. The van der Waals surface area contributed by atoms with Crippen molar-refractivity contribution in [2.45, 2.75) is 24.7 Å². The molecule has 0 radical (unpaired) electrons. The largest absolute Gasteiger partial charge is 0.396 e. The van der Waals surface area contributed by atoms with Crippen LogP contribution in [0.3, 0.4) is 0 Å². The lowest BCUT2D eigenvalue weighted by Gasteiger charge is -2.13. The van der Waals surface area contributed by atoms with Crippen LogP contribution in [0.25, 0.3) is 0 Å². The fourth-order valence-corrected chi connectivity index (χ4v) is 2.77. The highest BCUT2D eigenvalue weighted by atomic mass is 32.2. The van der Waals surface area contributed by atoms with E-state index in [1.807, 2.05) is 6.92 Å². The maximum absolute atomic E-state index is 11.9. The number of amides is 1. The number of hydrogen-bond donors (Lipinski definition) is 2. The number of carbonyl (C=O) groups excluding carboxylic acids is 1. The predicted molar refractivity (Wildman–Crippen MR) is 81.3 cm³/mol. The molecule has 0 saturated heterocycles. The zero-order chi connectivity index (χ0) is 15.7. The zero-order valence-corrected chi connectivity index (χ0v) is 12.8. The van der Waals surface area contributed by atoms with Crippen molar-refractivity contribution >= 4 is 15.7 Å². The molecule has 1 aromatic rings. The van der Waals surface area contributed by atoms with Crippen LogP contribution < -0.4 is 5.32 Å². The van der Waals surface area contributed by atoms with E-state index in [1.165, 1.54) is 12.1 Å². The lowest BCUT2D eigenvalue weighted by molar-refractivity contribution is -0.116. The Hall–Kier alpha value is -1.66. The molecule has 116 valence electrons. The Labute approximate surface area is 125 Å². The summed E-state index contributed by atoms with van der Waals surface area (Å²) < 4.78 is 23.9. The molecule has 1 unspecified atom stereocenters. The van der Waals surface area contributed by atoms with E-state index < -0.39 is 15.7 Å². The zero-order valence-electron chi connectivity index (χ0n) is 12.0. The van der Waals surface area contributed by atoms with E-state index in [2.05, 4.69) is 5.32 Å². The van der Waals surface area contributed by atoms with E-state index in [9.17, 15) is 13.2 Å². The minimum absolute atomic E-state index is 0.0760. The molecule has 0 aliphatic rings. The van der Waals surface area contributed by atoms with Gasteiger partial charge in [-0.15, -0.1) is 0 Å². The number of aliphatic hydroxyl groups excluding tert-OH is 1. The van der Waals surface area contributed by atoms with Crippen LogP contribution in [0.2, 0.25) is 0 Å². The van der Waals surface area contributed by atoms with Gasteiger partial charge in [0.1, 0.15) is 0 Å². The van der Waals surface area contributed by atoms with Crippen LogP contribution in [0, 0.1) is 5.92 Å². The molecule has 0 aromatic heterocycles. The van der Waals surface area contributed by atoms with Gasteiger partial charge in [0, 0.05) is 24.6 Å². The maximum Gasteiger partial charge on any atom is 0.244 e. The second-order valence-corrected chi connectivity index (χ2v) is 6.53. The van der Waals surface area contributed by atoms with Gasteiger partial charge >= 0.3 is 0 Å². The number of rotatable bonds is 8. The average Bonchev–Trinajstić information content (AvgIpc) is 2.50. The summed E-state index contributed by atoms with van der Waals surface area (Å²) >= 11 is 0. The molecule has 0 saturated carbocycles. The molecule has 2 N–H and O–H groups in total. The molecule has 0 heterocycles. The van der Waals surface area contributed by atoms with Crippen LogP contribution in [0.5, 0.6) is 0 Å². The lowest BCUT2D eigenvalue weighted by Crippen LogP contribution is -2.28. The Morgan fingerprint density at radius 2 is 2.00 bits per heavy atom. The van der Waals surface area contributed by atoms with Crippen LogP contribution >= 0.6 is 0 Å². The number of benzene rings is 1. The summed E-state index contributed by atoms with van der Waals surface area (Å²) in [7, 11) is -3.59. The molecular weight excluding hydrogens is 290 g/mol. The standard InChI is InChI=1S/C15H21NO4S/c1-2-13(8-10-17)12-16-15(18)9-11-21(19,20)14-6-4-3-5-7-14/h3-7,9,11,13,17H,2,8,10,12H2,1H3,(H,16,18)/b11-9+. The molecule has 0 aliphatic carbocycles. The van der Waals surface area contributed by atoms with Gasteiger partial charge in [0.15, 0.2) is 9.84 Å². The summed E-state index contributed by atoms with van der Waals surface area (Å²) in [6.45, 7) is 2.47. The first kappa shape index (κ1) is 17.4. The number of carbonyl (C=O) groups is 1. The Morgan fingerprint density at radius 3 is 2.57 bits per heavy atom. The monoisotopic (exact) mass is 311 g/mol. The molecule has 1 aromatic carbocycles. The minimum Gasteiger partial charge on any atom is -0.396 e. The molecule has 0 aliphatic heterocycles. The number of aliphatic hydroxyl groups is 1. The number of nitrogens with one attached hydrogen (secondary N) is 1. The summed E-state index contributed by atoms with van der Waals surface area (Å²) in [5.74, 6) is -0.260. The van der Waals surface area contributed by atoms with Gasteiger partial charge in [0.05, 0.1) is 4.90 Å². The van der Waals surface area contributed by atoms with Gasteiger partial charge in [0.2, 0.25) is 5.91 Å². The Morgan fingerprint density at radius 1 is 1.33 bits per heavy atom. The van der Waals surface area contributed by atoms with Crippen molar-refractivity contribution in [3.05, 3.63) is 41.8 Å². The van der Waals surface area contributed by atoms with Crippen LogP contribution in [-0.4, -0.2) is 32.6 Å². The van der Waals surface area contributed by atoms with Crippen LogP contribution in [0.4, 0.5) is 0 Å². The van der Waals surface area contributed by atoms with Gasteiger partial charge in [-0.25, -0.2) is 8.42 Å². The second kappa shape index (κ2) is 8.59. The van der Waals surface area contributed by atoms with Crippen LogP contribution in [0.15, 0.2) is 46.7 Å². The van der Waals surface area contributed by atoms with Gasteiger partial charge in [-0.3, -0.25) is 4.79 Å². The third-order valence-corrected chi connectivity index (χ3v) is 4.57. The molecule has 0 fully saturated rings. The number of hydrogen-bond acceptors (Lipinski definition) is 4. The third-order valence-electron chi connectivity index (χ3n) is 3.15. The van der Waals surface area contributed by atoms with E-state index in [0.717, 1.165) is 17.9 Å². The SMILES string of the molecule is CCC(CCO)CNC(=O)/C=C/S(=O)(=O)c1ccccc1. The molecule has 1 amide bonds. The van der Waals surface area contributed by atoms with Crippen molar-refractivity contribution in [3.8, 4) is 0 Å². The Kier molecular flexibility index (Phi) is 7.11. The summed E-state index contributed by atoms with van der Waals surface area (Å²) in [6, 6.07) is 7.93. The van der Waals surface area contributed by atoms with Gasteiger partial charge < -0.3 is 10.4 Å². The van der Waals surface area contributed by atoms with Crippen molar-refractivity contribution in [2.24, 2.45) is 5.92 Å². The summed E-state index contributed by atoms with van der Waals surface area (Å²) in [4.78, 5) is 11.8. The first-order valence-corrected chi connectivity index (χ1v) is 8.41. The van der Waals surface area contributed by atoms with E-state index >= 15 is 0 Å². The lowest BCUT2D eigenvalue weighted by atomic mass is 10.0. The topological polar surface area (TPSA) is 83.5 Å². The second-order valence-electron chi connectivity index (χ2n) is 4.69. The average molecular weight is 311 g/mol. The molecule has 0 spiro atoms. The van der Waals surface area contributed by atoms with Gasteiger partial charge in [0.25, 0.3) is 0 Å². The van der Waals surface area contributed by atoms with E-state index in [1.54, 1.807) is 18.2 Å². The molecule has 5 nitrogen and oxygen atoms in total. The van der Waals surface area contributed by atoms with Crippen LogP contribution in [-0.2, 0) is 14.6 Å². The molecule has 1 atom stereocenters. The van der Waals surface area contributed by atoms with Crippen molar-refractivity contribution in [2.75, 3.05) is 13.2 Å². The van der Waals surface area contributed by atoms with E-state index in [0.29, 0.717) is 13.0 Å². The van der Waals surface area contributed by atoms with Crippen molar-refractivity contribution < 1.29 is 18.3 Å². The molecular formula is C15H21NO4S. The van der Waals surface area contributed by atoms with Crippen molar-refractivity contribution in [1.82, 2.24) is 5.32 Å². The molecule has 1 rings (SSSR count). The Bertz CT molecular complexity index is 567. The van der Waals surface area contributed by atoms with E-state index in [-0.39, 0.29) is 17.4 Å². The maximum atomic E-state index is 11.9. The van der Waals surface area contributed by atoms with Gasteiger partial charge in [-0.2, -0.15) is 0 Å². The smallest absolute Gasteiger partial charge is 0.244 e. The highest BCUT2D eigenvalue weighted by Crippen LogP contribution is 2.11. The highest BCUT2D eigenvalue weighted by molar-refractivity contribution is 7.94. The van der Waals surface area contributed by atoms with E-state index in [4.69, 9.17) is 5.11 Å². The first-order valence-electron chi connectivity index (χ1n) is 6.86. The first-order chi connectivity index (χ1) is 9.99. The highest BCUT2D eigenvalue weighted by Gasteiger charge is 2.11. The Balaban J connectivity index is 2.58. The van der Waals surface area contributed by atoms with Crippen molar-refractivity contribution in [3.63, 3.8) is 0 Å². The summed E-state index contributed by atoms with van der Waals surface area (Å²) in [5, 5.41) is 12.4. The fourth-order valence-electron chi connectivity index (χ4n) is 1.78. The molecule has 21 heavy (non-hydrogen) atoms. The minimum atomic E-state index is -3.59. The summed E-state index contributed by atoms with van der Waals surface area (Å²) in [6.07, 6.45) is 2.48. The number of sulfone groups is 1. The third kappa shape index (κ3) is 6.10. The predicted octanol–water partition coefficient (Wildman–Crippen LogP) is 1.50. The summed E-state index contributed by atoms with van der Waals surface area (Å²) in [5.41, 5.74) is 0. The quantitative estimate of drug-likeness (QED) is 0.713. The normalized spacial score (nSPS) is 13.2. The fraction of sp³-hybridized carbons (Fsp3) is 0.400. The molecule has 6 heteroatoms. The van der Waals surface area contributed by atoms with Crippen LogP contribution in [0.1, 0.15) is 19.8 Å². The van der Waals surface area contributed by atoms with Crippen molar-refractivity contribution in [1.29, 1.82) is 0 Å². The van der Waals surface area contributed by atoms with Gasteiger partial charge in [-0.05, 0) is 24.5 Å². The van der Waals surface area contributed by atoms with Gasteiger partial charge in [-0.1, -0.05) is 31.5 Å².